The second-order valence-electron chi connectivity index (χ2n) is 6.25. The maximum absolute atomic E-state index is 12.4. The minimum atomic E-state index is 0.158. The lowest BCUT2D eigenvalue weighted by Gasteiger charge is -2.29. The number of carbonyl (C=O) groups excluding carboxylic acids is 1. The first-order chi connectivity index (χ1) is 10.2. The zero-order chi connectivity index (χ0) is 14.7. The van der Waals surface area contributed by atoms with Crippen molar-refractivity contribution < 1.29 is 4.79 Å². The van der Waals surface area contributed by atoms with Crippen molar-refractivity contribution in [1.29, 1.82) is 0 Å². The Morgan fingerprint density at radius 3 is 2.71 bits per heavy atom. The van der Waals surface area contributed by atoms with E-state index >= 15 is 0 Å². The molecule has 2 aromatic rings. The van der Waals surface area contributed by atoms with Gasteiger partial charge in [-0.25, -0.2) is 0 Å². The highest BCUT2D eigenvalue weighted by Crippen LogP contribution is 2.24. The van der Waals surface area contributed by atoms with Crippen LogP contribution in [0.4, 0.5) is 0 Å². The van der Waals surface area contributed by atoms with Crippen molar-refractivity contribution in [1.82, 2.24) is 5.32 Å². The SMILES string of the molecule is C[C@@H]1CCCC[C@@H]1NC(=O)Cc1cccc2ccccc12. The van der Waals surface area contributed by atoms with Gasteiger partial charge in [0.05, 0.1) is 6.42 Å². The summed E-state index contributed by atoms with van der Waals surface area (Å²) in [6.45, 7) is 2.25. The summed E-state index contributed by atoms with van der Waals surface area (Å²) in [6, 6.07) is 14.8. The highest BCUT2D eigenvalue weighted by atomic mass is 16.1. The van der Waals surface area contributed by atoms with Crippen molar-refractivity contribution in [3.05, 3.63) is 48.0 Å². The molecular weight excluding hydrogens is 258 g/mol. The van der Waals surface area contributed by atoms with Gasteiger partial charge in [-0.05, 0) is 35.1 Å². The van der Waals surface area contributed by atoms with Gasteiger partial charge in [-0.15, -0.1) is 0 Å². The monoisotopic (exact) mass is 281 g/mol. The van der Waals surface area contributed by atoms with E-state index in [1.165, 1.54) is 30.0 Å². The van der Waals surface area contributed by atoms with Crippen LogP contribution in [-0.2, 0) is 11.2 Å². The van der Waals surface area contributed by atoms with Gasteiger partial charge in [0.1, 0.15) is 0 Å². The van der Waals surface area contributed by atoms with E-state index in [9.17, 15) is 4.79 Å². The lowest BCUT2D eigenvalue weighted by Crippen LogP contribution is -2.41. The Hall–Kier alpha value is -1.83. The Kier molecular flexibility index (Phi) is 4.23. The molecule has 2 atom stereocenters. The molecule has 1 N–H and O–H groups in total. The Labute approximate surface area is 126 Å². The molecule has 3 rings (SSSR count). The number of rotatable bonds is 3. The van der Waals surface area contributed by atoms with Crippen LogP contribution in [0.3, 0.4) is 0 Å². The smallest absolute Gasteiger partial charge is 0.224 e. The molecule has 0 aliphatic heterocycles. The standard InChI is InChI=1S/C19H23NO/c1-14-7-2-5-12-18(14)20-19(21)13-16-10-6-9-15-8-3-4-11-17(15)16/h3-4,6,8-11,14,18H,2,5,7,12-13H2,1H3,(H,20,21)/t14-,18+/m1/s1. The summed E-state index contributed by atoms with van der Waals surface area (Å²) in [6.07, 6.45) is 5.38. The summed E-state index contributed by atoms with van der Waals surface area (Å²) in [5.41, 5.74) is 1.12. The van der Waals surface area contributed by atoms with Crippen LogP contribution in [0.15, 0.2) is 42.5 Å². The molecule has 0 bridgehead atoms. The first-order valence-corrected chi connectivity index (χ1v) is 8.00. The van der Waals surface area contributed by atoms with Gasteiger partial charge in [0.25, 0.3) is 0 Å². The second-order valence-corrected chi connectivity index (χ2v) is 6.25. The highest BCUT2D eigenvalue weighted by Gasteiger charge is 2.22. The zero-order valence-corrected chi connectivity index (χ0v) is 12.6. The Balaban J connectivity index is 1.71. The van der Waals surface area contributed by atoms with Gasteiger partial charge in [-0.3, -0.25) is 4.79 Å². The lowest BCUT2D eigenvalue weighted by molar-refractivity contribution is -0.121. The van der Waals surface area contributed by atoms with E-state index in [1.807, 2.05) is 18.2 Å². The van der Waals surface area contributed by atoms with Crippen LogP contribution in [0, 0.1) is 5.92 Å². The van der Waals surface area contributed by atoms with Crippen molar-refractivity contribution in [2.75, 3.05) is 0 Å². The molecular formula is C19H23NO. The number of carbonyl (C=O) groups is 1. The Bertz CT molecular complexity index is 629. The van der Waals surface area contributed by atoms with Crippen LogP contribution in [0.5, 0.6) is 0 Å². The summed E-state index contributed by atoms with van der Waals surface area (Å²) in [5, 5.41) is 5.63. The van der Waals surface area contributed by atoms with E-state index in [4.69, 9.17) is 0 Å². The molecule has 2 heteroatoms. The molecule has 1 aliphatic rings. The second kappa shape index (κ2) is 6.30. The number of benzene rings is 2. The fourth-order valence-corrected chi connectivity index (χ4v) is 3.41. The van der Waals surface area contributed by atoms with E-state index in [-0.39, 0.29) is 5.91 Å². The van der Waals surface area contributed by atoms with Crippen LogP contribution < -0.4 is 5.32 Å². The third-order valence-corrected chi connectivity index (χ3v) is 4.69. The number of fused-ring (bicyclic) bond motifs is 1. The lowest BCUT2D eigenvalue weighted by atomic mass is 9.86. The van der Waals surface area contributed by atoms with Crippen molar-refractivity contribution in [3.8, 4) is 0 Å². The maximum atomic E-state index is 12.4. The number of nitrogens with one attached hydrogen (secondary N) is 1. The molecule has 1 amide bonds. The van der Waals surface area contributed by atoms with Gasteiger partial charge in [-0.2, -0.15) is 0 Å². The minimum Gasteiger partial charge on any atom is -0.353 e. The van der Waals surface area contributed by atoms with Crippen LogP contribution >= 0.6 is 0 Å². The molecule has 0 heterocycles. The molecule has 0 spiro atoms. The van der Waals surface area contributed by atoms with Gasteiger partial charge in [0, 0.05) is 6.04 Å². The number of hydrogen-bond donors (Lipinski definition) is 1. The predicted octanol–water partition coefficient (Wildman–Crippen LogP) is 4.08. The zero-order valence-electron chi connectivity index (χ0n) is 12.6. The third-order valence-electron chi connectivity index (χ3n) is 4.69. The molecule has 0 aromatic heterocycles. The predicted molar refractivity (Wildman–Crippen MR) is 87.2 cm³/mol. The minimum absolute atomic E-state index is 0.158. The Morgan fingerprint density at radius 1 is 1.10 bits per heavy atom. The molecule has 21 heavy (non-hydrogen) atoms. The van der Waals surface area contributed by atoms with Crippen LogP contribution in [0.2, 0.25) is 0 Å². The van der Waals surface area contributed by atoms with Crippen molar-refractivity contribution in [2.45, 2.75) is 45.1 Å². The summed E-state index contributed by atoms with van der Waals surface area (Å²) >= 11 is 0. The summed E-state index contributed by atoms with van der Waals surface area (Å²) in [5.74, 6) is 0.764. The fraction of sp³-hybridized carbons (Fsp3) is 0.421. The Morgan fingerprint density at radius 2 is 1.86 bits per heavy atom. The van der Waals surface area contributed by atoms with Gasteiger partial charge in [0.15, 0.2) is 0 Å². The molecule has 0 radical (unpaired) electrons. The molecule has 110 valence electrons. The van der Waals surface area contributed by atoms with E-state index < -0.39 is 0 Å². The summed E-state index contributed by atoms with van der Waals surface area (Å²) < 4.78 is 0. The summed E-state index contributed by atoms with van der Waals surface area (Å²) in [4.78, 5) is 12.4. The first-order valence-electron chi connectivity index (χ1n) is 8.00. The number of hydrogen-bond acceptors (Lipinski definition) is 1. The molecule has 2 nitrogen and oxygen atoms in total. The van der Waals surface area contributed by atoms with Crippen LogP contribution in [-0.4, -0.2) is 11.9 Å². The van der Waals surface area contributed by atoms with Gasteiger partial charge >= 0.3 is 0 Å². The average Bonchev–Trinajstić information content (AvgIpc) is 2.50. The van der Waals surface area contributed by atoms with Crippen molar-refractivity contribution in [2.24, 2.45) is 5.92 Å². The highest BCUT2D eigenvalue weighted by molar-refractivity contribution is 5.90. The van der Waals surface area contributed by atoms with Crippen LogP contribution in [0.1, 0.15) is 38.2 Å². The van der Waals surface area contributed by atoms with Gasteiger partial charge in [0.2, 0.25) is 5.91 Å². The quantitative estimate of drug-likeness (QED) is 0.902. The maximum Gasteiger partial charge on any atom is 0.224 e. The molecule has 1 saturated carbocycles. The molecule has 2 aromatic carbocycles. The van der Waals surface area contributed by atoms with Crippen molar-refractivity contribution >= 4 is 16.7 Å². The third kappa shape index (κ3) is 3.26. The molecule has 1 aliphatic carbocycles. The van der Waals surface area contributed by atoms with E-state index in [0.29, 0.717) is 18.4 Å². The molecule has 0 unspecified atom stereocenters. The molecule has 1 fully saturated rings. The summed E-state index contributed by atoms with van der Waals surface area (Å²) in [7, 11) is 0. The van der Waals surface area contributed by atoms with Gasteiger partial charge < -0.3 is 5.32 Å². The van der Waals surface area contributed by atoms with Gasteiger partial charge in [-0.1, -0.05) is 62.2 Å². The van der Waals surface area contributed by atoms with E-state index in [1.54, 1.807) is 0 Å². The number of amides is 1. The average molecular weight is 281 g/mol. The molecule has 0 saturated heterocycles. The van der Waals surface area contributed by atoms with E-state index in [2.05, 4.69) is 36.5 Å². The first kappa shape index (κ1) is 14.1. The van der Waals surface area contributed by atoms with Crippen LogP contribution in [0.25, 0.3) is 10.8 Å². The van der Waals surface area contributed by atoms with Crippen molar-refractivity contribution in [3.63, 3.8) is 0 Å². The fourth-order valence-electron chi connectivity index (χ4n) is 3.41. The topological polar surface area (TPSA) is 29.1 Å². The van der Waals surface area contributed by atoms with E-state index in [0.717, 1.165) is 12.0 Å². The normalized spacial score (nSPS) is 22.1. The largest absolute Gasteiger partial charge is 0.353 e.